The van der Waals surface area contributed by atoms with E-state index in [4.69, 9.17) is 0 Å². The van der Waals surface area contributed by atoms with Gasteiger partial charge in [0.25, 0.3) is 5.69 Å². The van der Waals surface area contributed by atoms with Gasteiger partial charge < -0.3 is 5.32 Å². The number of hydrogen-bond donors (Lipinski definition) is 1. The fourth-order valence-corrected chi connectivity index (χ4v) is 2.47. The van der Waals surface area contributed by atoms with E-state index in [1.807, 2.05) is 6.92 Å². The Morgan fingerprint density at radius 3 is 2.52 bits per heavy atom. The number of anilines is 1. The number of rotatable bonds is 8. The van der Waals surface area contributed by atoms with E-state index >= 15 is 0 Å². The largest absolute Gasteiger partial charge is 0.385 e. The van der Waals surface area contributed by atoms with Crippen LogP contribution >= 0.6 is 0 Å². The van der Waals surface area contributed by atoms with Crippen molar-refractivity contribution in [1.82, 2.24) is 4.90 Å². The average molecular weight is 293 g/mol. The van der Waals surface area contributed by atoms with Crippen molar-refractivity contribution in [3.8, 4) is 0 Å². The van der Waals surface area contributed by atoms with Crippen LogP contribution in [0.2, 0.25) is 0 Å². The second-order valence-corrected chi connectivity index (χ2v) is 6.02. The van der Waals surface area contributed by atoms with E-state index in [0.29, 0.717) is 18.5 Å². The van der Waals surface area contributed by atoms with Crippen LogP contribution in [0.15, 0.2) is 18.2 Å². The Balaban J connectivity index is 2.92. The van der Waals surface area contributed by atoms with Crippen molar-refractivity contribution < 1.29 is 4.92 Å². The normalized spacial score (nSPS) is 12.7. The summed E-state index contributed by atoms with van der Waals surface area (Å²) in [5, 5.41) is 14.2. The van der Waals surface area contributed by atoms with Crippen LogP contribution < -0.4 is 5.32 Å². The van der Waals surface area contributed by atoms with Gasteiger partial charge in [-0.1, -0.05) is 13.8 Å². The Kier molecular flexibility index (Phi) is 6.62. The van der Waals surface area contributed by atoms with E-state index in [1.54, 1.807) is 18.2 Å². The minimum absolute atomic E-state index is 0.150. The van der Waals surface area contributed by atoms with Crippen molar-refractivity contribution in [3.05, 3.63) is 33.9 Å². The summed E-state index contributed by atoms with van der Waals surface area (Å²) in [5.74, 6) is 0.640. The van der Waals surface area contributed by atoms with Gasteiger partial charge in [-0.25, -0.2) is 0 Å². The number of nitrogens with one attached hydrogen (secondary N) is 1. The summed E-state index contributed by atoms with van der Waals surface area (Å²) in [4.78, 5) is 12.9. The molecule has 0 aliphatic heterocycles. The molecule has 1 aromatic rings. The number of benzene rings is 1. The number of nitro groups is 1. The minimum Gasteiger partial charge on any atom is -0.385 e. The molecule has 0 saturated carbocycles. The van der Waals surface area contributed by atoms with Crippen LogP contribution in [-0.2, 0) is 6.54 Å². The van der Waals surface area contributed by atoms with Crippen LogP contribution in [-0.4, -0.2) is 29.5 Å². The SMILES string of the molecule is CCNc1ccc([N+](=O)[O-])cc1CN(C)C(C)CC(C)C. The third-order valence-corrected chi connectivity index (χ3v) is 3.65. The van der Waals surface area contributed by atoms with Gasteiger partial charge in [-0.2, -0.15) is 0 Å². The number of nitro benzene ring substituents is 1. The molecule has 0 aromatic heterocycles. The molecular formula is C16H27N3O2. The lowest BCUT2D eigenvalue weighted by Gasteiger charge is -2.27. The zero-order valence-electron chi connectivity index (χ0n) is 13.7. The molecule has 0 aliphatic carbocycles. The van der Waals surface area contributed by atoms with Gasteiger partial charge in [0.15, 0.2) is 0 Å². The maximum Gasteiger partial charge on any atom is 0.269 e. The summed E-state index contributed by atoms with van der Waals surface area (Å²) in [6, 6.07) is 5.48. The summed E-state index contributed by atoms with van der Waals surface area (Å²) >= 11 is 0. The fourth-order valence-electron chi connectivity index (χ4n) is 2.47. The van der Waals surface area contributed by atoms with Gasteiger partial charge in [-0.05, 0) is 44.9 Å². The second-order valence-electron chi connectivity index (χ2n) is 6.02. The molecule has 0 fully saturated rings. The molecule has 5 nitrogen and oxygen atoms in total. The summed E-state index contributed by atoms with van der Waals surface area (Å²) < 4.78 is 0. The van der Waals surface area contributed by atoms with Gasteiger partial charge in [0, 0.05) is 37.0 Å². The van der Waals surface area contributed by atoms with Crippen molar-refractivity contribution in [2.75, 3.05) is 18.9 Å². The summed E-state index contributed by atoms with van der Waals surface area (Å²) in [5.41, 5.74) is 2.10. The monoisotopic (exact) mass is 293 g/mol. The summed E-state index contributed by atoms with van der Waals surface area (Å²) in [7, 11) is 2.07. The zero-order valence-corrected chi connectivity index (χ0v) is 13.7. The summed E-state index contributed by atoms with van der Waals surface area (Å²) in [6.07, 6.45) is 1.11. The lowest BCUT2D eigenvalue weighted by Crippen LogP contribution is -2.30. The van der Waals surface area contributed by atoms with Crippen molar-refractivity contribution in [2.24, 2.45) is 5.92 Å². The van der Waals surface area contributed by atoms with E-state index < -0.39 is 0 Å². The predicted molar refractivity (Wildman–Crippen MR) is 87.6 cm³/mol. The lowest BCUT2D eigenvalue weighted by atomic mass is 10.0. The predicted octanol–water partition coefficient (Wildman–Crippen LogP) is 3.89. The molecule has 0 aliphatic rings. The maximum absolute atomic E-state index is 11.0. The quantitative estimate of drug-likeness (QED) is 0.583. The van der Waals surface area contributed by atoms with Gasteiger partial charge >= 0.3 is 0 Å². The van der Waals surface area contributed by atoms with Crippen molar-refractivity contribution in [3.63, 3.8) is 0 Å². The molecule has 1 unspecified atom stereocenters. The van der Waals surface area contributed by atoms with Crippen LogP contribution in [0.25, 0.3) is 0 Å². The van der Waals surface area contributed by atoms with Gasteiger partial charge in [-0.3, -0.25) is 15.0 Å². The highest BCUT2D eigenvalue weighted by Gasteiger charge is 2.16. The van der Waals surface area contributed by atoms with Crippen molar-refractivity contribution >= 4 is 11.4 Å². The highest BCUT2D eigenvalue weighted by Crippen LogP contribution is 2.24. The first kappa shape index (κ1) is 17.4. The van der Waals surface area contributed by atoms with Crippen molar-refractivity contribution in [2.45, 2.75) is 46.7 Å². The third kappa shape index (κ3) is 5.34. The Morgan fingerprint density at radius 2 is 2.00 bits per heavy atom. The molecule has 1 atom stereocenters. The number of non-ortho nitro benzene ring substituents is 1. The Hall–Kier alpha value is -1.62. The van der Waals surface area contributed by atoms with E-state index in [-0.39, 0.29) is 10.6 Å². The Morgan fingerprint density at radius 1 is 1.33 bits per heavy atom. The van der Waals surface area contributed by atoms with Crippen LogP contribution in [0, 0.1) is 16.0 Å². The zero-order chi connectivity index (χ0) is 16.0. The molecule has 5 heteroatoms. The molecule has 1 N–H and O–H groups in total. The first-order valence-electron chi connectivity index (χ1n) is 7.56. The molecule has 1 aromatic carbocycles. The van der Waals surface area contributed by atoms with E-state index in [2.05, 4.69) is 38.0 Å². The summed E-state index contributed by atoms with van der Waals surface area (Å²) in [6.45, 7) is 10.2. The molecule has 118 valence electrons. The number of nitrogens with zero attached hydrogens (tertiary/aromatic N) is 2. The van der Waals surface area contributed by atoms with Crippen LogP contribution in [0.1, 0.15) is 39.7 Å². The van der Waals surface area contributed by atoms with Gasteiger partial charge in [0.05, 0.1) is 4.92 Å². The van der Waals surface area contributed by atoms with Crippen LogP contribution in [0.3, 0.4) is 0 Å². The van der Waals surface area contributed by atoms with Crippen LogP contribution in [0.5, 0.6) is 0 Å². The van der Waals surface area contributed by atoms with E-state index in [0.717, 1.165) is 24.2 Å². The Bertz CT molecular complexity index is 475. The molecule has 0 bridgehead atoms. The highest BCUT2D eigenvalue weighted by atomic mass is 16.6. The molecule has 21 heavy (non-hydrogen) atoms. The molecular weight excluding hydrogens is 266 g/mol. The smallest absolute Gasteiger partial charge is 0.269 e. The molecule has 1 rings (SSSR count). The minimum atomic E-state index is -0.337. The van der Waals surface area contributed by atoms with Gasteiger partial charge in [0.1, 0.15) is 0 Å². The third-order valence-electron chi connectivity index (χ3n) is 3.65. The molecule has 0 spiro atoms. The van der Waals surface area contributed by atoms with Crippen LogP contribution in [0.4, 0.5) is 11.4 Å². The first-order valence-corrected chi connectivity index (χ1v) is 7.56. The van der Waals surface area contributed by atoms with Gasteiger partial charge in [0.2, 0.25) is 0 Å². The van der Waals surface area contributed by atoms with Gasteiger partial charge in [-0.15, -0.1) is 0 Å². The van der Waals surface area contributed by atoms with E-state index in [1.165, 1.54) is 0 Å². The Labute approximate surface area is 127 Å². The first-order chi connectivity index (χ1) is 9.85. The second kappa shape index (κ2) is 7.98. The average Bonchev–Trinajstić information content (AvgIpc) is 2.39. The number of hydrogen-bond acceptors (Lipinski definition) is 4. The fraction of sp³-hybridized carbons (Fsp3) is 0.625. The maximum atomic E-state index is 11.0. The van der Waals surface area contributed by atoms with Crippen molar-refractivity contribution in [1.29, 1.82) is 0 Å². The highest BCUT2D eigenvalue weighted by molar-refractivity contribution is 5.56. The lowest BCUT2D eigenvalue weighted by molar-refractivity contribution is -0.384. The molecule has 0 radical (unpaired) electrons. The standard InChI is InChI=1S/C16H27N3O2/c1-6-17-16-8-7-15(19(20)21)10-14(16)11-18(5)13(4)9-12(2)3/h7-8,10,12-13,17H,6,9,11H2,1-5H3. The molecule has 0 saturated heterocycles. The molecule has 0 amide bonds. The molecule has 0 heterocycles. The van der Waals surface area contributed by atoms with E-state index in [9.17, 15) is 10.1 Å². The topological polar surface area (TPSA) is 58.4 Å².